The van der Waals surface area contributed by atoms with E-state index in [0.717, 1.165) is 23.5 Å². The predicted octanol–water partition coefficient (Wildman–Crippen LogP) is 3.32. The van der Waals surface area contributed by atoms with Crippen LogP contribution in [0, 0.1) is 0 Å². The van der Waals surface area contributed by atoms with E-state index in [-0.39, 0.29) is 5.91 Å². The summed E-state index contributed by atoms with van der Waals surface area (Å²) in [5, 5.41) is 8.73. The smallest absolute Gasteiger partial charge is 0.274 e. The van der Waals surface area contributed by atoms with E-state index >= 15 is 0 Å². The van der Waals surface area contributed by atoms with E-state index in [9.17, 15) is 4.79 Å². The molecule has 6 nitrogen and oxygen atoms in total. The highest BCUT2D eigenvalue weighted by molar-refractivity contribution is 7.14. The zero-order valence-corrected chi connectivity index (χ0v) is 12.3. The molecule has 1 aliphatic carbocycles. The summed E-state index contributed by atoms with van der Waals surface area (Å²) in [4.78, 5) is 21.4. The van der Waals surface area contributed by atoms with Gasteiger partial charge in [-0.15, -0.1) is 11.3 Å². The van der Waals surface area contributed by atoms with Crippen molar-refractivity contribution in [3.8, 4) is 10.8 Å². The Hall–Kier alpha value is -2.54. The highest BCUT2D eigenvalue weighted by atomic mass is 32.1. The average Bonchev–Trinajstić information content (AvgIpc) is 3.10. The molecule has 4 rings (SSSR count). The summed E-state index contributed by atoms with van der Waals surface area (Å²) >= 11 is 1.45. The van der Waals surface area contributed by atoms with Gasteiger partial charge in [-0.1, -0.05) is 11.2 Å². The van der Waals surface area contributed by atoms with Gasteiger partial charge in [0.1, 0.15) is 10.6 Å². The van der Waals surface area contributed by atoms with Gasteiger partial charge in [0.15, 0.2) is 5.82 Å². The Bertz CT molecular complexity index is 808. The number of hydrogen-bond acceptors (Lipinski definition) is 6. The molecule has 3 aromatic heterocycles. The van der Waals surface area contributed by atoms with Crippen LogP contribution in [0.3, 0.4) is 0 Å². The Kier molecular flexibility index (Phi) is 3.19. The highest BCUT2D eigenvalue weighted by Gasteiger charge is 2.29. The maximum absolute atomic E-state index is 12.2. The van der Waals surface area contributed by atoms with E-state index in [0.29, 0.717) is 23.2 Å². The first-order valence-corrected chi connectivity index (χ1v) is 7.83. The first kappa shape index (κ1) is 13.1. The molecular weight excluding hydrogens is 300 g/mol. The number of amides is 1. The van der Waals surface area contributed by atoms with Crippen molar-refractivity contribution in [1.29, 1.82) is 0 Å². The molecule has 0 aromatic carbocycles. The van der Waals surface area contributed by atoms with Gasteiger partial charge in [0.25, 0.3) is 11.8 Å². The molecule has 0 aliphatic heterocycles. The molecule has 1 N–H and O–H groups in total. The third kappa shape index (κ3) is 2.50. The minimum absolute atomic E-state index is 0.262. The number of anilines is 1. The fourth-order valence-corrected chi connectivity index (χ4v) is 2.86. The summed E-state index contributed by atoms with van der Waals surface area (Å²) in [5.74, 6) is 1.38. The topological polar surface area (TPSA) is 80.9 Å². The number of nitrogens with zero attached hydrogens (tertiary/aromatic N) is 3. The van der Waals surface area contributed by atoms with Crippen LogP contribution in [0.5, 0.6) is 0 Å². The van der Waals surface area contributed by atoms with E-state index in [2.05, 4.69) is 20.4 Å². The summed E-state index contributed by atoms with van der Waals surface area (Å²) < 4.78 is 5.32. The summed E-state index contributed by atoms with van der Waals surface area (Å²) in [6.07, 6.45) is 3.82. The largest absolute Gasteiger partial charge is 0.333 e. The first-order chi connectivity index (χ1) is 10.8. The van der Waals surface area contributed by atoms with E-state index in [1.54, 1.807) is 24.4 Å². The van der Waals surface area contributed by atoms with Crippen molar-refractivity contribution in [1.82, 2.24) is 15.1 Å². The van der Waals surface area contributed by atoms with E-state index in [1.165, 1.54) is 11.3 Å². The molecule has 0 unspecified atom stereocenters. The number of carbonyl (C=O) groups excluding carboxylic acids is 1. The Labute approximate surface area is 130 Å². The van der Waals surface area contributed by atoms with Crippen LogP contribution in [0.2, 0.25) is 0 Å². The molecule has 7 heteroatoms. The molecule has 22 heavy (non-hydrogen) atoms. The minimum Gasteiger partial charge on any atom is -0.333 e. The number of carbonyl (C=O) groups is 1. The maximum atomic E-state index is 12.2. The zero-order chi connectivity index (χ0) is 14.9. The Morgan fingerprint density at radius 3 is 3.00 bits per heavy atom. The lowest BCUT2D eigenvalue weighted by molar-refractivity contribution is 0.102. The Balaban J connectivity index is 1.58. The summed E-state index contributed by atoms with van der Waals surface area (Å²) in [6, 6.07) is 7.03. The van der Waals surface area contributed by atoms with Crippen molar-refractivity contribution in [3.63, 3.8) is 0 Å². The molecule has 0 saturated heterocycles. The van der Waals surface area contributed by atoms with Crippen molar-refractivity contribution < 1.29 is 9.32 Å². The van der Waals surface area contributed by atoms with Gasteiger partial charge in [0.2, 0.25) is 0 Å². The van der Waals surface area contributed by atoms with E-state index < -0.39 is 0 Å². The third-order valence-electron chi connectivity index (χ3n) is 3.39. The van der Waals surface area contributed by atoms with Crippen LogP contribution in [-0.4, -0.2) is 21.0 Å². The summed E-state index contributed by atoms with van der Waals surface area (Å²) in [6.45, 7) is 0. The number of hydrogen-bond donors (Lipinski definition) is 1. The molecule has 1 saturated carbocycles. The van der Waals surface area contributed by atoms with Gasteiger partial charge in [-0.25, -0.2) is 0 Å². The van der Waals surface area contributed by atoms with Crippen LogP contribution < -0.4 is 5.32 Å². The average molecular weight is 312 g/mol. The van der Waals surface area contributed by atoms with Crippen LogP contribution in [0.15, 0.2) is 40.4 Å². The Morgan fingerprint density at radius 1 is 1.32 bits per heavy atom. The predicted molar refractivity (Wildman–Crippen MR) is 81.8 cm³/mol. The second-order valence-electron chi connectivity index (χ2n) is 5.06. The number of pyridine rings is 1. The minimum atomic E-state index is -0.262. The van der Waals surface area contributed by atoms with Gasteiger partial charge in [0, 0.05) is 12.1 Å². The van der Waals surface area contributed by atoms with Gasteiger partial charge in [-0.3, -0.25) is 9.78 Å². The van der Waals surface area contributed by atoms with Crippen LogP contribution in [-0.2, 0) is 0 Å². The standard InChI is InChI=1S/C15H12N4O2S/c20-14(11-3-1-2-7-16-11)17-10-6-8-22-12(10)15-18-13(19-21-15)9-4-5-9/h1-3,6-9H,4-5H2,(H,17,20). The molecule has 1 fully saturated rings. The van der Waals surface area contributed by atoms with Crippen LogP contribution >= 0.6 is 11.3 Å². The van der Waals surface area contributed by atoms with E-state index in [4.69, 9.17) is 4.52 Å². The second kappa shape index (κ2) is 5.34. The van der Waals surface area contributed by atoms with Crippen molar-refractivity contribution in [2.75, 3.05) is 5.32 Å². The SMILES string of the molecule is O=C(Nc1ccsc1-c1nc(C2CC2)no1)c1ccccn1. The van der Waals surface area contributed by atoms with Crippen molar-refractivity contribution in [2.45, 2.75) is 18.8 Å². The second-order valence-corrected chi connectivity index (χ2v) is 5.98. The number of rotatable bonds is 4. The van der Waals surface area contributed by atoms with Gasteiger partial charge >= 0.3 is 0 Å². The molecular formula is C15H12N4O2S. The summed E-state index contributed by atoms with van der Waals surface area (Å²) in [7, 11) is 0. The highest BCUT2D eigenvalue weighted by Crippen LogP contribution is 2.40. The van der Waals surface area contributed by atoms with Gasteiger partial charge in [-0.2, -0.15) is 4.98 Å². The lowest BCUT2D eigenvalue weighted by Crippen LogP contribution is -2.13. The molecule has 0 radical (unpaired) electrons. The first-order valence-electron chi connectivity index (χ1n) is 6.95. The van der Waals surface area contributed by atoms with Gasteiger partial charge in [-0.05, 0) is 36.4 Å². The normalized spacial score (nSPS) is 14.0. The third-order valence-corrected chi connectivity index (χ3v) is 4.29. The fourth-order valence-electron chi connectivity index (χ4n) is 2.09. The van der Waals surface area contributed by atoms with Crippen molar-refractivity contribution in [2.24, 2.45) is 0 Å². The van der Waals surface area contributed by atoms with Gasteiger partial charge < -0.3 is 9.84 Å². The lowest BCUT2D eigenvalue weighted by atomic mass is 10.3. The molecule has 3 heterocycles. The molecule has 110 valence electrons. The fraction of sp³-hybridized carbons (Fsp3) is 0.200. The van der Waals surface area contributed by atoms with Crippen molar-refractivity contribution >= 4 is 22.9 Å². The lowest BCUT2D eigenvalue weighted by Gasteiger charge is -2.03. The number of thiophene rings is 1. The van der Waals surface area contributed by atoms with E-state index in [1.807, 2.05) is 11.4 Å². The van der Waals surface area contributed by atoms with Crippen LogP contribution in [0.1, 0.15) is 35.1 Å². The molecule has 0 atom stereocenters. The molecule has 3 aromatic rings. The van der Waals surface area contributed by atoms with Crippen LogP contribution in [0.4, 0.5) is 5.69 Å². The monoisotopic (exact) mass is 312 g/mol. The molecule has 1 amide bonds. The summed E-state index contributed by atoms with van der Waals surface area (Å²) in [5.41, 5.74) is 1.02. The molecule has 1 aliphatic rings. The van der Waals surface area contributed by atoms with Crippen LogP contribution in [0.25, 0.3) is 10.8 Å². The number of aromatic nitrogens is 3. The Morgan fingerprint density at radius 2 is 2.23 bits per heavy atom. The molecule has 0 spiro atoms. The number of nitrogens with one attached hydrogen (secondary N) is 1. The van der Waals surface area contributed by atoms with Crippen molar-refractivity contribution in [3.05, 3.63) is 47.4 Å². The van der Waals surface area contributed by atoms with Gasteiger partial charge in [0.05, 0.1) is 5.69 Å². The zero-order valence-electron chi connectivity index (χ0n) is 11.5. The maximum Gasteiger partial charge on any atom is 0.274 e. The quantitative estimate of drug-likeness (QED) is 0.799. The molecule has 0 bridgehead atoms.